The minimum atomic E-state index is -0.946. The lowest BCUT2D eigenvalue weighted by molar-refractivity contribution is 0.0697. The lowest BCUT2D eigenvalue weighted by Gasteiger charge is -2.32. The SMILES string of the molecule is Cn1cncc1[C@H]1CCCN(Cc2ccc(-c3ccccc3C(=O)O)o2)C1. The molecular weight excluding hydrogens is 342 g/mol. The molecule has 1 aromatic carbocycles. The Hall–Kier alpha value is -2.86. The first kappa shape index (κ1) is 17.5. The van der Waals surface area contributed by atoms with E-state index in [2.05, 4.69) is 14.5 Å². The average Bonchev–Trinajstić information content (AvgIpc) is 3.31. The molecule has 0 bridgehead atoms. The van der Waals surface area contributed by atoms with Gasteiger partial charge in [-0.3, -0.25) is 4.90 Å². The molecule has 3 heterocycles. The van der Waals surface area contributed by atoms with Crippen LogP contribution >= 0.6 is 0 Å². The number of carbonyl (C=O) groups is 1. The molecule has 140 valence electrons. The zero-order chi connectivity index (χ0) is 18.8. The van der Waals surface area contributed by atoms with Gasteiger partial charge in [0.1, 0.15) is 11.5 Å². The van der Waals surface area contributed by atoms with Crippen LogP contribution in [0.15, 0.2) is 53.3 Å². The van der Waals surface area contributed by atoms with Gasteiger partial charge in [-0.2, -0.15) is 0 Å². The normalized spacial score (nSPS) is 17.9. The van der Waals surface area contributed by atoms with E-state index < -0.39 is 5.97 Å². The number of carboxylic acids is 1. The Labute approximate surface area is 158 Å². The number of furan rings is 1. The molecule has 4 rings (SSSR count). The van der Waals surface area contributed by atoms with Gasteiger partial charge in [-0.15, -0.1) is 0 Å². The second-order valence-electron chi connectivity index (χ2n) is 7.12. The average molecular weight is 365 g/mol. The van der Waals surface area contributed by atoms with E-state index in [0.29, 0.717) is 17.2 Å². The van der Waals surface area contributed by atoms with Crippen LogP contribution in [0.3, 0.4) is 0 Å². The lowest BCUT2D eigenvalue weighted by Crippen LogP contribution is -2.34. The Morgan fingerprint density at radius 2 is 2.15 bits per heavy atom. The number of carboxylic acid groups (broad SMARTS) is 1. The summed E-state index contributed by atoms with van der Waals surface area (Å²) in [6.45, 7) is 2.74. The van der Waals surface area contributed by atoms with Crippen molar-refractivity contribution < 1.29 is 14.3 Å². The van der Waals surface area contributed by atoms with Crippen LogP contribution < -0.4 is 0 Å². The van der Waals surface area contributed by atoms with Gasteiger partial charge in [-0.1, -0.05) is 18.2 Å². The fourth-order valence-corrected chi connectivity index (χ4v) is 3.91. The molecular formula is C21H23N3O3. The smallest absolute Gasteiger partial charge is 0.336 e. The first-order valence-corrected chi connectivity index (χ1v) is 9.22. The molecule has 6 nitrogen and oxygen atoms in total. The van der Waals surface area contributed by atoms with Crippen molar-refractivity contribution in [1.29, 1.82) is 0 Å². The number of likely N-dealkylation sites (tertiary alicyclic amines) is 1. The van der Waals surface area contributed by atoms with Gasteiger partial charge in [0, 0.05) is 37.0 Å². The van der Waals surface area contributed by atoms with E-state index in [1.165, 1.54) is 12.1 Å². The zero-order valence-corrected chi connectivity index (χ0v) is 15.3. The molecule has 0 spiro atoms. The van der Waals surface area contributed by atoms with Gasteiger partial charge in [-0.25, -0.2) is 9.78 Å². The highest BCUT2D eigenvalue weighted by Crippen LogP contribution is 2.29. The van der Waals surface area contributed by atoms with Crippen molar-refractivity contribution in [1.82, 2.24) is 14.5 Å². The molecule has 1 atom stereocenters. The number of hydrogen-bond donors (Lipinski definition) is 1. The number of hydrogen-bond acceptors (Lipinski definition) is 4. The van der Waals surface area contributed by atoms with Gasteiger partial charge in [0.2, 0.25) is 0 Å². The second-order valence-corrected chi connectivity index (χ2v) is 7.12. The van der Waals surface area contributed by atoms with Crippen LogP contribution in [0.1, 0.15) is 40.6 Å². The van der Waals surface area contributed by atoms with Crippen molar-refractivity contribution in [3.05, 3.63) is 65.9 Å². The van der Waals surface area contributed by atoms with Crippen molar-refractivity contribution in [2.75, 3.05) is 13.1 Å². The minimum Gasteiger partial charge on any atom is -0.478 e. The molecule has 1 fully saturated rings. The molecule has 1 N–H and O–H groups in total. The first-order valence-electron chi connectivity index (χ1n) is 9.22. The summed E-state index contributed by atoms with van der Waals surface area (Å²) in [5.41, 5.74) is 2.14. The number of nitrogens with zero attached hydrogens (tertiary/aromatic N) is 3. The van der Waals surface area contributed by atoms with Gasteiger partial charge < -0.3 is 14.1 Å². The maximum atomic E-state index is 11.4. The van der Waals surface area contributed by atoms with Crippen molar-refractivity contribution in [2.24, 2.45) is 7.05 Å². The topological polar surface area (TPSA) is 71.5 Å². The molecule has 1 saturated heterocycles. The quantitative estimate of drug-likeness (QED) is 0.745. The molecule has 0 radical (unpaired) electrons. The molecule has 1 aliphatic heterocycles. The largest absolute Gasteiger partial charge is 0.478 e. The van der Waals surface area contributed by atoms with E-state index in [4.69, 9.17) is 4.42 Å². The van der Waals surface area contributed by atoms with Crippen LogP contribution in [0, 0.1) is 0 Å². The summed E-state index contributed by atoms with van der Waals surface area (Å²) in [6.07, 6.45) is 6.13. The van der Waals surface area contributed by atoms with E-state index in [1.54, 1.807) is 18.2 Å². The third-order valence-corrected chi connectivity index (χ3v) is 5.24. The van der Waals surface area contributed by atoms with Crippen molar-refractivity contribution in [3.8, 4) is 11.3 Å². The summed E-state index contributed by atoms with van der Waals surface area (Å²) >= 11 is 0. The highest BCUT2D eigenvalue weighted by molar-refractivity contribution is 5.95. The summed E-state index contributed by atoms with van der Waals surface area (Å²) in [7, 11) is 2.04. The van der Waals surface area contributed by atoms with Crippen LogP contribution in [0.2, 0.25) is 0 Å². The Balaban J connectivity index is 1.48. The van der Waals surface area contributed by atoms with E-state index in [-0.39, 0.29) is 5.56 Å². The highest BCUT2D eigenvalue weighted by atomic mass is 16.4. The van der Waals surface area contributed by atoms with Gasteiger partial charge in [-0.05, 0) is 37.6 Å². The van der Waals surface area contributed by atoms with Crippen LogP contribution in [-0.4, -0.2) is 38.6 Å². The number of aromatic nitrogens is 2. The van der Waals surface area contributed by atoms with E-state index in [1.807, 2.05) is 37.8 Å². The molecule has 2 aromatic heterocycles. The number of benzene rings is 1. The summed E-state index contributed by atoms with van der Waals surface area (Å²) < 4.78 is 8.09. The van der Waals surface area contributed by atoms with Gasteiger partial charge in [0.15, 0.2) is 0 Å². The molecule has 0 saturated carbocycles. The van der Waals surface area contributed by atoms with E-state index in [0.717, 1.165) is 31.8 Å². The minimum absolute atomic E-state index is 0.257. The van der Waals surface area contributed by atoms with E-state index in [9.17, 15) is 9.90 Å². The second kappa shape index (κ2) is 7.40. The van der Waals surface area contributed by atoms with Crippen LogP contribution in [0.25, 0.3) is 11.3 Å². The van der Waals surface area contributed by atoms with Gasteiger partial charge in [0.25, 0.3) is 0 Å². The van der Waals surface area contributed by atoms with Crippen molar-refractivity contribution in [3.63, 3.8) is 0 Å². The Bertz CT molecular complexity index is 944. The molecule has 0 amide bonds. The summed E-state index contributed by atoms with van der Waals surface area (Å²) in [5.74, 6) is 0.992. The Morgan fingerprint density at radius 1 is 1.30 bits per heavy atom. The van der Waals surface area contributed by atoms with Gasteiger partial charge >= 0.3 is 5.97 Å². The molecule has 6 heteroatoms. The molecule has 0 unspecified atom stereocenters. The fourth-order valence-electron chi connectivity index (χ4n) is 3.91. The monoisotopic (exact) mass is 365 g/mol. The fraction of sp³-hybridized carbons (Fsp3) is 0.333. The van der Waals surface area contributed by atoms with Gasteiger partial charge in [0.05, 0.1) is 18.4 Å². The molecule has 1 aliphatic rings. The predicted octanol–water partition coefficient (Wildman–Crippen LogP) is 3.76. The molecule has 0 aliphatic carbocycles. The predicted molar refractivity (Wildman–Crippen MR) is 102 cm³/mol. The maximum absolute atomic E-state index is 11.4. The zero-order valence-electron chi connectivity index (χ0n) is 15.3. The van der Waals surface area contributed by atoms with Crippen molar-refractivity contribution in [2.45, 2.75) is 25.3 Å². The molecule has 27 heavy (non-hydrogen) atoms. The summed E-state index contributed by atoms with van der Waals surface area (Å²) in [6, 6.07) is 10.7. The number of rotatable bonds is 5. The third-order valence-electron chi connectivity index (χ3n) is 5.24. The first-order chi connectivity index (χ1) is 13.1. The number of piperidine rings is 1. The number of aromatic carboxylic acids is 1. The van der Waals surface area contributed by atoms with Crippen LogP contribution in [-0.2, 0) is 13.6 Å². The van der Waals surface area contributed by atoms with Crippen molar-refractivity contribution >= 4 is 5.97 Å². The number of aryl methyl sites for hydroxylation is 1. The third kappa shape index (κ3) is 3.66. The Morgan fingerprint density at radius 3 is 2.93 bits per heavy atom. The maximum Gasteiger partial charge on any atom is 0.336 e. The summed E-state index contributed by atoms with van der Waals surface area (Å²) in [5, 5.41) is 9.38. The van der Waals surface area contributed by atoms with E-state index >= 15 is 0 Å². The highest BCUT2D eigenvalue weighted by Gasteiger charge is 2.24. The van der Waals surface area contributed by atoms with Crippen LogP contribution in [0.5, 0.6) is 0 Å². The summed E-state index contributed by atoms with van der Waals surface area (Å²) in [4.78, 5) is 18.1. The lowest BCUT2D eigenvalue weighted by atomic mass is 9.95. The standard InChI is InChI=1S/C21H23N3O3/c1-23-14-22-11-19(23)15-5-4-10-24(12-15)13-16-8-9-20(27-16)17-6-2-3-7-18(17)21(25)26/h2-3,6-9,11,14-15H,4-5,10,12-13H2,1H3,(H,25,26)/t15-/m0/s1. The molecule has 3 aromatic rings. The number of imidazole rings is 1. The Kier molecular flexibility index (Phi) is 4.81. The van der Waals surface area contributed by atoms with Crippen LogP contribution in [0.4, 0.5) is 0 Å².